The fraction of sp³-hybridized carbons (Fsp3) is 0.316. The number of benzene rings is 2. The Bertz CT molecular complexity index is 764. The maximum atomic E-state index is 12.6. The first-order chi connectivity index (χ1) is 10.7. The van der Waals surface area contributed by atoms with Crippen LogP contribution in [0.4, 0.5) is 0 Å². The van der Waals surface area contributed by atoms with E-state index in [2.05, 4.69) is 35.6 Å². The standard InChI is InChI=1S/C19H19NO2/c1-12(21)19(20-2)17-6-4-3-5-15(17)16-8-7-13(9-18(16)19)14-10-22-11-14/h3-9,14,20H,10-11H2,1-2H3. The van der Waals surface area contributed by atoms with E-state index in [4.69, 9.17) is 4.74 Å². The van der Waals surface area contributed by atoms with Gasteiger partial charge in [-0.2, -0.15) is 0 Å². The molecule has 0 saturated carbocycles. The summed E-state index contributed by atoms with van der Waals surface area (Å²) in [4.78, 5) is 12.6. The first-order valence-corrected chi connectivity index (χ1v) is 7.70. The smallest absolute Gasteiger partial charge is 0.158 e. The monoisotopic (exact) mass is 293 g/mol. The molecule has 4 rings (SSSR count). The third kappa shape index (κ3) is 1.61. The molecule has 1 unspecified atom stereocenters. The highest BCUT2D eigenvalue weighted by Gasteiger charge is 2.46. The molecule has 22 heavy (non-hydrogen) atoms. The summed E-state index contributed by atoms with van der Waals surface area (Å²) in [5.41, 5.74) is 4.98. The van der Waals surface area contributed by atoms with Crippen molar-refractivity contribution in [3.05, 3.63) is 59.2 Å². The molecule has 2 aromatic rings. The van der Waals surface area contributed by atoms with Crippen LogP contribution < -0.4 is 5.32 Å². The van der Waals surface area contributed by atoms with Crippen LogP contribution in [0.25, 0.3) is 11.1 Å². The number of likely N-dealkylation sites (N-methyl/N-ethyl adjacent to an activating group) is 1. The summed E-state index contributed by atoms with van der Waals surface area (Å²) in [6, 6.07) is 14.7. The van der Waals surface area contributed by atoms with E-state index in [1.54, 1.807) is 6.92 Å². The highest BCUT2D eigenvalue weighted by molar-refractivity contribution is 6.00. The second-order valence-corrected chi connectivity index (χ2v) is 6.14. The van der Waals surface area contributed by atoms with Gasteiger partial charge in [-0.05, 0) is 41.8 Å². The zero-order valence-electron chi connectivity index (χ0n) is 12.8. The Morgan fingerprint density at radius 3 is 2.50 bits per heavy atom. The summed E-state index contributed by atoms with van der Waals surface area (Å²) in [5, 5.41) is 3.31. The van der Waals surface area contributed by atoms with E-state index >= 15 is 0 Å². The van der Waals surface area contributed by atoms with Crippen molar-refractivity contribution < 1.29 is 9.53 Å². The van der Waals surface area contributed by atoms with Crippen molar-refractivity contribution in [2.45, 2.75) is 18.4 Å². The predicted octanol–water partition coefficient (Wildman–Crippen LogP) is 2.83. The zero-order chi connectivity index (χ0) is 15.3. The lowest BCUT2D eigenvalue weighted by molar-refractivity contribution is -0.121. The van der Waals surface area contributed by atoms with Crippen LogP contribution >= 0.6 is 0 Å². The third-order valence-corrected chi connectivity index (χ3v) is 5.08. The second-order valence-electron chi connectivity index (χ2n) is 6.14. The quantitative estimate of drug-likeness (QED) is 0.945. The molecule has 0 spiro atoms. The second kappa shape index (κ2) is 4.77. The highest BCUT2D eigenvalue weighted by Crippen LogP contribution is 2.48. The normalized spacial score (nSPS) is 22.8. The van der Waals surface area contributed by atoms with E-state index in [9.17, 15) is 4.79 Å². The lowest BCUT2D eigenvalue weighted by atomic mass is 9.82. The largest absolute Gasteiger partial charge is 0.380 e. The summed E-state index contributed by atoms with van der Waals surface area (Å²) in [6.45, 7) is 3.22. The Hall–Kier alpha value is -1.97. The summed E-state index contributed by atoms with van der Waals surface area (Å²) in [6.07, 6.45) is 0. The van der Waals surface area contributed by atoms with Gasteiger partial charge >= 0.3 is 0 Å². The van der Waals surface area contributed by atoms with Crippen LogP contribution in [0, 0.1) is 0 Å². The molecule has 1 N–H and O–H groups in total. The molecule has 3 heteroatoms. The Balaban J connectivity index is 1.98. The van der Waals surface area contributed by atoms with Crippen molar-refractivity contribution in [3.8, 4) is 11.1 Å². The number of rotatable bonds is 3. The molecular formula is C19H19NO2. The molecule has 1 saturated heterocycles. The summed E-state index contributed by atoms with van der Waals surface area (Å²) in [7, 11) is 1.87. The first-order valence-electron chi connectivity index (χ1n) is 7.70. The van der Waals surface area contributed by atoms with Gasteiger partial charge < -0.3 is 10.1 Å². The van der Waals surface area contributed by atoms with E-state index in [1.165, 1.54) is 5.56 Å². The van der Waals surface area contributed by atoms with Gasteiger partial charge in [0, 0.05) is 5.92 Å². The van der Waals surface area contributed by atoms with Crippen molar-refractivity contribution >= 4 is 5.78 Å². The van der Waals surface area contributed by atoms with Crippen LogP contribution in [-0.4, -0.2) is 26.0 Å². The Kier molecular flexibility index (Phi) is 2.96. The van der Waals surface area contributed by atoms with Gasteiger partial charge in [0.2, 0.25) is 0 Å². The average Bonchev–Trinajstić information content (AvgIpc) is 2.76. The van der Waals surface area contributed by atoms with Gasteiger partial charge in [-0.25, -0.2) is 0 Å². The van der Waals surface area contributed by atoms with E-state index in [0.29, 0.717) is 5.92 Å². The van der Waals surface area contributed by atoms with E-state index in [-0.39, 0.29) is 5.78 Å². The number of hydrogen-bond donors (Lipinski definition) is 1. The molecule has 1 aliphatic heterocycles. The number of Topliss-reactive ketones (excluding diaryl/α,β-unsaturated/α-hetero) is 1. The molecule has 112 valence electrons. The van der Waals surface area contributed by atoms with Gasteiger partial charge in [-0.3, -0.25) is 4.79 Å². The molecule has 0 aromatic heterocycles. The maximum absolute atomic E-state index is 12.6. The minimum absolute atomic E-state index is 0.128. The van der Waals surface area contributed by atoms with Crippen LogP contribution in [0.2, 0.25) is 0 Å². The van der Waals surface area contributed by atoms with Crippen LogP contribution in [0.15, 0.2) is 42.5 Å². The van der Waals surface area contributed by atoms with Gasteiger partial charge in [-0.15, -0.1) is 0 Å². The van der Waals surface area contributed by atoms with Gasteiger partial charge in [0.25, 0.3) is 0 Å². The topological polar surface area (TPSA) is 38.3 Å². The molecule has 1 atom stereocenters. The number of nitrogens with one attached hydrogen (secondary N) is 1. The molecule has 1 aliphatic carbocycles. The lowest BCUT2D eigenvalue weighted by Gasteiger charge is -2.31. The Morgan fingerprint density at radius 1 is 1.14 bits per heavy atom. The van der Waals surface area contributed by atoms with Crippen LogP contribution in [0.5, 0.6) is 0 Å². The predicted molar refractivity (Wildman–Crippen MR) is 86.0 cm³/mol. The SMILES string of the molecule is CNC1(C(C)=O)c2ccccc2-c2ccc(C3COC3)cc21. The Morgan fingerprint density at radius 2 is 1.86 bits per heavy atom. The van der Waals surface area contributed by atoms with Crippen LogP contribution in [0.3, 0.4) is 0 Å². The van der Waals surface area contributed by atoms with Crippen molar-refractivity contribution in [2.24, 2.45) is 0 Å². The van der Waals surface area contributed by atoms with Crippen molar-refractivity contribution in [2.75, 3.05) is 20.3 Å². The van der Waals surface area contributed by atoms with Crippen LogP contribution in [-0.2, 0) is 15.1 Å². The summed E-state index contributed by atoms with van der Waals surface area (Å²) >= 11 is 0. The average molecular weight is 293 g/mol. The van der Waals surface area contributed by atoms with Gasteiger partial charge in [0.05, 0.1) is 13.2 Å². The van der Waals surface area contributed by atoms with Crippen molar-refractivity contribution in [3.63, 3.8) is 0 Å². The number of ketones is 1. The minimum Gasteiger partial charge on any atom is -0.380 e. The Labute approximate surface area is 130 Å². The molecule has 3 nitrogen and oxygen atoms in total. The lowest BCUT2D eigenvalue weighted by Crippen LogP contribution is -2.45. The molecule has 1 heterocycles. The molecule has 1 fully saturated rings. The fourth-order valence-corrected chi connectivity index (χ4v) is 3.80. The molecule has 2 aromatic carbocycles. The fourth-order valence-electron chi connectivity index (χ4n) is 3.80. The molecule has 0 bridgehead atoms. The first kappa shape index (κ1) is 13.7. The summed E-state index contributed by atoms with van der Waals surface area (Å²) < 4.78 is 5.31. The summed E-state index contributed by atoms with van der Waals surface area (Å²) in [5.74, 6) is 0.582. The van der Waals surface area contributed by atoms with Crippen molar-refractivity contribution in [1.82, 2.24) is 5.32 Å². The van der Waals surface area contributed by atoms with E-state index < -0.39 is 5.54 Å². The molecule has 0 radical (unpaired) electrons. The van der Waals surface area contributed by atoms with Gasteiger partial charge in [-0.1, -0.05) is 42.5 Å². The number of hydrogen-bond acceptors (Lipinski definition) is 3. The molecular weight excluding hydrogens is 274 g/mol. The number of ether oxygens (including phenoxy) is 1. The highest BCUT2D eigenvalue weighted by atomic mass is 16.5. The molecule has 0 amide bonds. The van der Waals surface area contributed by atoms with E-state index in [0.717, 1.165) is 35.5 Å². The zero-order valence-corrected chi connectivity index (χ0v) is 12.8. The van der Waals surface area contributed by atoms with Gasteiger partial charge in [0.15, 0.2) is 5.78 Å². The third-order valence-electron chi connectivity index (χ3n) is 5.08. The number of carbonyl (C=O) groups excluding carboxylic acids is 1. The maximum Gasteiger partial charge on any atom is 0.158 e. The molecule has 2 aliphatic rings. The minimum atomic E-state index is -0.730. The van der Waals surface area contributed by atoms with Crippen LogP contribution in [0.1, 0.15) is 29.5 Å². The van der Waals surface area contributed by atoms with Crippen molar-refractivity contribution in [1.29, 1.82) is 0 Å². The van der Waals surface area contributed by atoms with Gasteiger partial charge in [0.1, 0.15) is 5.54 Å². The van der Waals surface area contributed by atoms with E-state index in [1.807, 2.05) is 19.2 Å². The number of carbonyl (C=O) groups is 1. The number of fused-ring (bicyclic) bond motifs is 3.